The number of benzene rings is 1. The number of halogens is 2. The van der Waals surface area contributed by atoms with E-state index in [-0.39, 0.29) is 24.8 Å². The second kappa shape index (κ2) is 9.46. The van der Waals surface area contributed by atoms with Crippen LogP contribution in [0, 0.1) is 0 Å². The second-order valence-corrected chi connectivity index (χ2v) is 5.33. The Labute approximate surface area is 135 Å². The third kappa shape index (κ3) is 5.49. The lowest BCUT2D eigenvalue weighted by Gasteiger charge is -2.36. The molecule has 3 nitrogen and oxygen atoms in total. The molecule has 0 unspecified atom stereocenters. The van der Waals surface area contributed by atoms with Crippen molar-refractivity contribution in [2.24, 2.45) is 0 Å². The average molecular weight is 320 g/mol. The molecule has 0 radical (unpaired) electrons. The fourth-order valence-electron chi connectivity index (χ4n) is 2.78. The van der Waals surface area contributed by atoms with Crippen molar-refractivity contribution in [3.63, 3.8) is 0 Å². The molecule has 0 atom stereocenters. The molecule has 5 heteroatoms. The molecule has 2 rings (SSSR count). The van der Waals surface area contributed by atoms with Crippen molar-refractivity contribution >= 4 is 30.5 Å². The van der Waals surface area contributed by atoms with Gasteiger partial charge in [-0.2, -0.15) is 0 Å². The number of hydrogen-bond donors (Lipinski definition) is 1. The summed E-state index contributed by atoms with van der Waals surface area (Å²) < 4.78 is 0. The summed E-state index contributed by atoms with van der Waals surface area (Å²) in [5.41, 5.74) is 8.00. The van der Waals surface area contributed by atoms with Crippen molar-refractivity contribution in [1.29, 1.82) is 0 Å². The van der Waals surface area contributed by atoms with Crippen LogP contribution in [0.15, 0.2) is 24.3 Å². The first-order chi connectivity index (χ1) is 8.69. The first kappa shape index (κ1) is 19.5. The van der Waals surface area contributed by atoms with E-state index >= 15 is 0 Å². The van der Waals surface area contributed by atoms with E-state index in [2.05, 4.69) is 35.9 Å². The molecule has 1 aromatic carbocycles. The Hall–Kier alpha value is -0.480. The highest BCUT2D eigenvalue weighted by Gasteiger charge is 2.21. The summed E-state index contributed by atoms with van der Waals surface area (Å²) in [4.78, 5) is 5.01. The molecular formula is C15H27Cl2N3. The average Bonchev–Trinajstić information content (AvgIpc) is 2.39. The van der Waals surface area contributed by atoms with E-state index < -0.39 is 0 Å². The Kier molecular flexibility index (Phi) is 9.23. The maximum atomic E-state index is 5.82. The topological polar surface area (TPSA) is 32.5 Å². The minimum atomic E-state index is 0. The molecule has 1 heterocycles. The Morgan fingerprint density at radius 3 is 2.45 bits per heavy atom. The summed E-state index contributed by atoms with van der Waals surface area (Å²) in [5, 5.41) is 0. The van der Waals surface area contributed by atoms with Crippen LogP contribution in [0.25, 0.3) is 0 Å². The van der Waals surface area contributed by atoms with Gasteiger partial charge in [0.1, 0.15) is 0 Å². The molecule has 0 bridgehead atoms. The summed E-state index contributed by atoms with van der Waals surface area (Å²) in [7, 11) is 2.23. The van der Waals surface area contributed by atoms with Crippen LogP contribution in [-0.4, -0.2) is 42.5 Å². The maximum Gasteiger partial charge on any atom is 0.0317 e. The predicted molar refractivity (Wildman–Crippen MR) is 92.0 cm³/mol. The van der Waals surface area contributed by atoms with E-state index in [0.29, 0.717) is 6.04 Å². The van der Waals surface area contributed by atoms with Crippen LogP contribution < -0.4 is 5.73 Å². The minimum Gasteiger partial charge on any atom is -0.399 e. The molecule has 1 fully saturated rings. The van der Waals surface area contributed by atoms with E-state index in [9.17, 15) is 0 Å². The zero-order chi connectivity index (χ0) is 13.0. The number of likely N-dealkylation sites (tertiary alicyclic amines) is 1. The van der Waals surface area contributed by atoms with Crippen molar-refractivity contribution in [2.75, 3.05) is 32.4 Å². The number of rotatable bonds is 4. The number of nitrogens with zero attached hydrogens (tertiary/aromatic N) is 2. The van der Waals surface area contributed by atoms with Crippen LogP contribution in [0.4, 0.5) is 5.69 Å². The Morgan fingerprint density at radius 2 is 1.90 bits per heavy atom. The first-order valence-corrected chi connectivity index (χ1v) is 6.96. The summed E-state index contributed by atoms with van der Waals surface area (Å²) in [6, 6.07) is 8.95. The lowest BCUT2D eigenvalue weighted by Crippen LogP contribution is -2.42. The number of anilines is 1. The van der Waals surface area contributed by atoms with Crippen molar-refractivity contribution < 1.29 is 0 Å². The third-order valence-corrected chi connectivity index (χ3v) is 4.01. The van der Waals surface area contributed by atoms with Crippen LogP contribution in [0.5, 0.6) is 0 Å². The van der Waals surface area contributed by atoms with E-state index in [0.717, 1.165) is 12.2 Å². The van der Waals surface area contributed by atoms with Crippen LogP contribution in [0.1, 0.15) is 25.3 Å². The van der Waals surface area contributed by atoms with Crippen LogP contribution in [0.2, 0.25) is 0 Å². The largest absolute Gasteiger partial charge is 0.399 e. The highest BCUT2D eigenvalue weighted by molar-refractivity contribution is 5.85. The molecule has 0 saturated carbocycles. The van der Waals surface area contributed by atoms with Crippen LogP contribution in [0.3, 0.4) is 0 Å². The van der Waals surface area contributed by atoms with Gasteiger partial charge in [0.05, 0.1) is 0 Å². The molecule has 0 aromatic heterocycles. The van der Waals surface area contributed by atoms with Gasteiger partial charge in [0, 0.05) is 18.3 Å². The summed E-state index contributed by atoms with van der Waals surface area (Å²) in [6.45, 7) is 6.91. The minimum absolute atomic E-state index is 0. The highest BCUT2D eigenvalue weighted by Crippen LogP contribution is 2.18. The van der Waals surface area contributed by atoms with Gasteiger partial charge in [0.2, 0.25) is 0 Å². The number of piperidine rings is 1. The number of hydrogen-bond acceptors (Lipinski definition) is 3. The van der Waals surface area contributed by atoms with E-state index in [1.54, 1.807) is 0 Å². The van der Waals surface area contributed by atoms with Crippen LogP contribution >= 0.6 is 24.8 Å². The second-order valence-electron chi connectivity index (χ2n) is 5.33. The van der Waals surface area contributed by atoms with Crippen molar-refractivity contribution in [2.45, 2.75) is 32.4 Å². The van der Waals surface area contributed by atoms with Crippen molar-refractivity contribution in [3.8, 4) is 0 Å². The standard InChI is InChI=1S/C15H25N3.2ClH/c1-3-18-9-7-15(8-10-18)17(2)12-13-5-4-6-14(16)11-13;;/h4-6,11,15H,3,7-10,12,16H2,1-2H3;2*1H. The molecule has 1 aromatic rings. The molecule has 20 heavy (non-hydrogen) atoms. The molecule has 1 aliphatic rings. The maximum absolute atomic E-state index is 5.82. The van der Waals surface area contributed by atoms with Gasteiger partial charge in [-0.05, 0) is 57.2 Å². The van der Waals surface area contributed by atoms with Gasteiger partial charge in [0.25, 0.3) is 0 Å². The Balaban J connectivity index is 0.00000180. The zero-order valence-corrected chi connectivity index (χ0v) is 14.1. The predicted octanol–water partition coefficient (Wildman–Crippen LogP) is 3.03. The van der Waals surface area contributed by atoms with Gasteiger partial charge in [-0.1, -0.05) is 19.1 Å². The fraction of sp³-hybridized carbons (Fsp3) is 0.600. The molecule has 1 saturated heterocycles. The normalized spacial score (nSPS) is 16.6. The molecule has 116 valence electrons. The van der Waals surface area contributed by atoms with Gasteiger partial charge in [0.15, 0.2) is 0 Å². The van der Waals surface area contributed by atoms with Gasteiger partial charge in [-0.25, -0.2) is 0 Å². The van der Waals surface area contributed by atoms with Crippen molar-refractivity contribution in [3.05, 3.63) is 29.8 Å². The van der Waals surface area contributed by atoms with Gasteiger partial charge >= 0.3 is 0 Å². The van der Waals surface area contributed by atoms with Crippen LogP contribution in [-0.2, 0) is 6.54 Å². The molecule has 0 spiro atoms. The molecular weight excluding hydrogens is 293 g/mol. The Bertz CT molecular complexity index is 379. The summed E-state index contributed by atoms with van der Waals surface area (Å²) in [5.74, 6) is 0. The summed E-state index contributed by atoms with van der Waals surface area (Å²) in [6.07, 6.45) is 2.57. The quantitative estimate of drug-likeness (QED) is 0.866. The molecule has 1 aliphatic heterocycles. The first-order valence-electron chi connectivity index (χ1n) is 6.96. The highest BCUT2D eigenvalue weighted by atomic mass is 35.5. The third-order valence-electron chi connectivity index (χ3n) is 4.01. The van der Waals surface area contributed by atoms with E-state index in [1.807, 2.05) is 12.1 Å². The zero-order valence-electron chi connectivity index (χ0n) is 12.4. The number of nitrogen functional groups attached to an aromatic ring is 1. The van der Waals surface area contributed by atoms with E-state index in [1.165, 1.54) is 38.0 Å². The molecule has 0 aliphatic carbocycles. The van der Waals surface area contributed by atoms with E-state index in [4.69, 9.17) is 5.73 Å². The molecule has 0 amide bonds. The number of nitrogens with two attached hydrogens (primary N) is 1. The van der Waals surface area contributed by atoms with Gasteiger partial charge in [-0.15, -0.1) is 24.8 Å². The van der Waals surface area contributed by atoms with Crippen molar-refractivity contribution in [1.82, 2.24) is 9.80 Å². The fourth-order valence-corrected chi connectivity index (χ4v) is 2.78. The van der Waals surface area contributed by atoms with Gasteiger partial charge < -0.3 is 10.6 Å². The molecule has 2 N–H and O–H groups in total. The van der Waals surface area contributed by atoms with Gasteiger partial charge in [-0.3, -0.25) is 4.90 Å². The Morgan fingerprint density at radius 1 is 1.25 bits per heavy atom. The lowest BCUT2D eigenvalue weighted by atomic mass is 10.0. The summed E-state index contributed by atoms with van der Waals surface area (Å²) >= 11 is 0. The monoisotopic (exact) mass is 319 g/mol. The lowest BCUT2D eigenvalue weighted by molar-refractivity contribution is 0.127. The SMILES string of the molecule is CCN1CCC(N(C)Cc2cccc(N)c2)CC1.Cl.Cl. The smallest absolute Gasteiger partial charge is 0.0317 e.